The Kier molecular flexibility index (Phi) is 7.73. The van der Waals surface area contributed by atoms with Gasteiger partial charge in [0.25, 0.3) is 5.91 Å². The van der Waals surface area contributed by atoms with Crippen molar-refractivity contribution in [3.63, 3.8) is 0 Å². The fourth-order valence-corrected chi connectivity index (χ4v) is 3.83. The quantitative estimate of drug-likeness (QED) is 0.550. The van der Waals surface area contributed by atoms with Crippen LogP contribution < -0.4 is 16.0 Å². The number of halogens is 6. The lowest BCUT2D eigenvalue weighted by Crippen LogP contribution is -2.47. The number of nitrogens with zero attached hydrogens (tertiary/aromatic N) is 2. The Hall–Kier alpha value is -2.24. The van der Waals surface area contributed by atoms with Crippen LogP contribution in [0.1, 0.15) is 22.3 Å². The number of piperazine rings is 1. The number of hydrogen-bond acceptors (Lipinski definition) is 4. The molecule has 0 radical (unpaired) electrons. The molecule has 1 aliphatic rings. The standard InChI is InChI=1S/C21H22BrF5N4O/c22-14-2-4-16(29-20(32)15-3-1-13(12-28)18(23)19(15)24)17(11-14)31-9-7-30(8-10-31)6-5-21(25,26)27/h1-4,11H,5-10,12,28H2,(H,29,32). The molecule has 3 N–H and O–H groups in total. The summed E-state index contributed by atoms with van der Waals surface area (Å²) in [5.74, 6) is -3.26. The molecule has 1 fully saturated rings. The summed E-state index contributed by atoms with van der Waals surface area (Å²) in [7, 11) is 0. The minimum Gasteiger partial charge on any atom is -0.367 e. The van der Waals surface area contributed by atoms with Crippen LogP contribution in [-0.4, -0.2) is 49.7 Å². The van der Waals surface area contributed by atoms with Gasteiger partial charge in [0.1, 0.15) is 0 Å². The topological polar surface area (TPSA) is 61.6 Å². The van der Waals surface area contributed by atoms with Gasteiger partial charge in [0, 0.05) is 49.3 Å². The molecule has 32 heavy (non-hydrogen) atoms. The van der Waals surface area contributed by atoms with Crippen LogP contribution in [0.4, 0.5) is 33.3 Å². The lowest BCUT2D eigenvalue weighted by molar-refractivity contribution is -0.138. The van der Waals surface area contributed by atoms with Crippen LogP contribution >= 0.6 is 15.9 Å². The maximum Gasteiger partial charge on any atom is 0.390 e. The zero-order valence-electron chi connectivity index (χ0n) is 17.0. The van der Waals surface area contributed by atoms with Gasteiger partial charge in [-0.05, 0) is 24.3 Å². The van der Waals surface area contributed by atoms with Crippen molar-refractivity contribution in [2.45, 2.75) is 19.1 Å². The van der Waals surface area contributed by atoms with Crippen LogP contribution in [0.2, 0.25) is 0 Å². The number of carbonyl (C=O) groups excluding carboxylic acids is 1. The first kappa shape index (κ1) is 24.4. The third kappa shape index (κ3) is 5.96. The van der Waals surface area contributed by atoms with Crippen molar-refractivity contribution in [2.24, 2.45) is 5.73 Å². The van der Waals surface area contributed by atoms with Crippen molar-refractivity contribution in [2.75, 3.05) is 42.9 Å². The largest absolute Gasteiger partial charge is 0.390 e. The lowest BCUT2D eigenvalue weighted by Gasteiger charge is -2.37. The van der Waals surface area contributed by atoms with Gasteiger partial charge in [-0.25, -0.2) is 8.78 Å². The number of alkyl halides is 3. The second-order valence-electron chi connectivity index (χ2n) is 7.41. The zero-order chi connectivity index (χ0) is 23.5. The summed E-state index contributed by atoms with van der Waals surface area (Å²) < 4.78 is 66.5. The average Bonchev–Trinajstić information content (AvgIpc) is 2.75. The molecule has 0 bridgehead atoms. The SMILES string of the molecule is NCc1ccc(C(=O)Nc2ccc(Br)cc2N2CCN(CCC(F)(F)F)CC2)c(F)c1F. The first-order valence-corrected chi connectivity index (χ1v) is 10.7. The molecule has 174 valence electrons. The van der Waals surface area contributed by atoms with Crippen molar-refractivity contribution in [3.8, 4) is 0 Å². The molecule has 0 unspecified atom stereocenters. The van der Waals surface area contributed by atoms with Crippen LogP contribution in [0.25, 0.3) is 0 Å². The molecule has 2 aromatic rings. The van der Waals surface area contributed by atoms with Gasteiger partial charge in [-0.15, -0.1) is 0 Å². The van der Waals surface area contributed by atoms with Gasteiger partial charge in [0.05, 0.1) is 23.4 Å². The van der Waals surface area contributed by atoms with Gasteiger partial charge < -0.3 is 16.0 Å². The number of anilines is 2. The number of nitrogens with one attached hydrogen (secondary N) is 1. The van der Waals surface area contributed by atoms with E-state index in [4.69, 9.17) is 5.73 Å². The lowest BCUT2D eigenvalue weighted by atomic mass is 10.1. The highest BCUT2D eigenvalue weighted by atomic mass is 79.9. The van der Waals surface area contributed by atoms with Gasteiger partial charge in [-0.2, -0.15) is 13.2 Å². The van der Waals surface area contributed by atoms with Crippen molar-refractivity contribution in [1.82, 2.24) is 4.90 Å². The van der Waals surface area contributed by atoms with E-state index >= 15 is 0 Å². The third-order valence-corrected chi connectivity index (χ3v) is 5.75. The van der Waals surface area contributed by atoms with E-state index in [9.17, 15) is 26.7 Å². The van der Waals surface area contributed by atoms with E-state index in [0.717, 1.165) is 4.47 Å². The molecule has 0 saturated carbocycles. The number of carbonyl (C=O) groups is 1. The van der Waals surface area contributed by atoms with Gasteiger partial charge in [-0.3, -0.25) is 9.69 Å². The number of amides is 1. The Morgan fingerprint density at radius 2 is 1.75 bits per heavy atom. The molecule has 0 aliphatic carbocycles. The van der Waals surface area contributed by atoms with Crippen LogP contribution in [-0.2, 0) is 6.54 Å². The minimum absolute atomic E-state index is 0.0354. The predicted octanol–water partition coefficient (Wildman–Crippen LogP) is 4.51. The van der Waals surface area contributed by atoms with Crippen molar-refractivity contribution >= 4 is 33.2 Å². The van der Waals surface area contributed by atoms with E-state index < -0.39 is 35.7 Å². The smallest absolute Gasteiger partial charge is 0.367 e. The summed E-state index contributed by atoms with van der Waals surface area (Å²) in [6, 6.07) is 7.50. The fraction of sp³-hybridized carbons (Fsp3) is 0.381. The Bertz CT molecular complexity index is 977. The summed E-state index contributed by atoms with van der Waals surface area (Å²) in [6.07, 6.45) is -5.06. The van der Waals surface area contributed by atoms with Crippen molar-refractivity contribution in [1.29, 1.82) is 0 Å². The molecule has 5 nitrogen and oxygen atoms in total. The first-order chi connectivity index (χ1) is 15.1. The van der Waals surface area contributed by atoms with Gasteiger partial charge >= 0.3 is 6.18 Å². The van der Waals surface area contributed by atoms with Crippen LogP contribution in [0.5, 0.6) is 0 Å². The number of nitrogens with two attached hydrogens (primary N) is 1. The van der Waals surface area contributed by atoms with Crippen molar-refractivity contribution < 1.29 is 26.7 Å². The summed E-state index contributed by atoms with van der Waals surface area (Å²) >= 11 is 3.37. The highest BCUT2D eigenvalue weighted by Gasteiger charge is 2.29. The fourth-order valence-electron chi connectivity index (χ4n) is 3.48. The first-order valence-electron chi connectivity index (χ1n) is 9.91. The van der Waals surface area contributed by atoms with Gasteiger partial charge in [0.15, 0.2) is 11.6 Å². The molecular weight excluding hydrogens is 499 g/mol. The molecule has 0 atom stereocenters. The van der Waals surface area contributed by atoms with E-state index in [-0.39, 0.29) is 18.7 Å². The molecule has 0 spiro atoms. The molecule has 11 heteroatoms. The van der Waals surface area contributed by atoms with Crippen molar-refractivity contribution in [3.05, 3.63) is 57.6 Å². The molecule has 3 rings (SSSR count). The zero-order valence-corrected chi connectivity index (χ0v) is 18.6. The molecular formula is C21H22BrF5N4O. The summed E-state index contributed by atoms with van der Waals surface area (Å²) in [5, 5.41) is 2.61. The van der Waals surface area contributed by atoms with E-state index in [0.29, 0.717) is 37.6 Å². The Labute approximate surface area is 190 Å². The number of rotatable bonds is 6. The van der Waals surface area contributed by atoms with E-state index in [1.165, 1.54) is 12.1 Å². The summed E-state index contributed by atoms with van der Waals surface area (Å²) in [4.78, 5) is 16.3. The molecule has 1 heterocycles. The highest BCUT2D eigenvalue weighted by Crippen LogP contribution is 2.31. The molecule has 2 aromatic carbocycles. The molecule has 1 aliphatic heterocycles. The van der Waals surface area contributed by atoms with E-state index in [2.05, 4.69) is 21.2 Å². The monoisotopic (exact) mass is 520 g/mol. The van der Waals surface area contributed by atoms with Crippen LogP contribution in [0.15, 0.2) is 34.8 Å². The Morgan fingerprint density at radius 3 is 2.38 bits per heavy atom. The minimum atomic E-state index is -4.20. The predicted molar refractivity (Wildman–Crippen MR) is 116 cm³/mol. The highest BCUT2D eigenvalue weighted by molar-refractivity contribution is 9.10. The van der Waals surface area contributed by atoms with Gasteiger partial charge in [-0.1, -0.05) is 22.0 Å². The van der Waals surface area contributed by atoms with E-state index in [1.807, 2.05) is 4.90 Å². The van der Waals surface area contributed by atoms with E-state index in [1.54, 1.807) is 23.1 Å². The van der Waals surface area contributed by atoms with Gasteiger partial charge in [0.2, 0.25) is 0 Å². The second-order valence-corrected chi connectivity index (χ2v) is 8.33. The maximum atomic E-state index is 14.3. The maximum absolute atomic E-state index is 14.3. The normalized spacial score (nSPS) is 15.2. The average molecular weight is 521 g/mol. The third-order valence-electron chi connectivity index (χ3n) is 5.26. The Balaban J connectivity index is 1.74. The number of benzene rings is 2. The molecule has 0 aromatic heterocycles. The van der Waals surface area contributed by atoms with Crippen LogP contribution in [0.3, 0.4) is 0 Å². The number of hydrogen-bond donors (Lipinski definition) is 2. The molecule has 1 amide bonds. The Morgan fingerprint density at radius 1 is 1.06 bits per heavy atom. The molecule has 1 saturated heterocycles. The second kappa shape index (κ2) is 10.1. The van der Waals surface area contributed by atoms with Crippen LogP contribution in [0, 0.1) is 11.6 Å². The summed E-state index contributed by atoms with van der Waals surface area (Å²) in [5.41, 5.74) is 5.88. The summed E-state index contributed by atoms with van der Waals surface area (Å²) in [6.45, 7) is 1.49.